The Morgan fingerprint density at radius 1 is 1.43 bits per heavy atom. The molecule has 0 bridgehead atoms. The number of hydrogen-bond acceptors (Lipinski definition) is 3. The van der Waals surface area contributed by atoms with E-state index in [2.05, 4.69) is 6.92 Å². The van der Waals surface area contributed by atoms with Gasteiger partial charge in [0.2, 0.25) is 0 Å². The number of carbonyl (C=O) groups is 2. The van der Waals surface area contributed by atoms with Crippen molar-refractivity contribution in [1.29, 1.82) is 0 Å². The molecule has 0 spiro atoms. The van der Waals surface area contributed by atoms with Gasteiger partial charge in [-0.25, -0.2) is 0 Å². The van der Waals surface area contributed by atoms with E-state index in [1.165, 1.54) is 6.08 Å². The van der Waals surface area contributed by atoms with Crippen molar-refractivity contribution in [3.63, 3.8) is 0 Å². The highest BCUT2D eigenvalue weighted by molar-refractivity contribution is 6.07. The zero-order valence-corrected chi connectivity index (χ0v) is 8.40. The normalized spacial score (nSPS) is 13.0. The molecule has 0 heterocycles. The summed E-state index contributed by atoms with van der Waals surface area (Å²) in [6, 6.07) is -1.42. The highest BCUT2D eigenvalue weighted by Crippen LogP contribution is 1.99. The number of aliphatic carboxylic acids is 1. The van der Waals surface area contributed by atoms with Crippen LogP contribution in [0.4, 0.5) is 0 Å². The summed E-state index contributed by atoms with van der Waals surface area (Å²) in [5.74, 6) is -1.83. The third-order valence-corrected chi connectivity index (χ3v) is 1.83. The Labute approximate surface area is 83.8 Å². The van der Waals surface area contributed by atoms with Crippen LogP contribution in [-0.4, -0.2) is 22.9 Å². The van der Waals surface area contributed by atoms with Crippen LogP contribution >= 0.6 is 0 Å². The smallest absolute Gasteiger partial charge is 0.328 e. The molecule has 0 aliphatic heterocycles. The number of hydrogen-bond donors (Lipinski definition) is 2. The van der Waals surface area contributed by atoms with Gasteiger partial charge in [-0.2, -0.15) is 0 Å². The molecule has 0 saturated carbocycles. The van der Waals surface area contributed by atoms with Gasteiger partial charge in [0, 0.05) is 0 Å². The van der Waals surface area contributed by atoms with E-state index < -0.39 is 17.8 Å². The van der Waals surface area contributed by atoms with Crippen molar-refractivity contribution >= 4 is 11.8 Å². The van der Waals surface area contributed by atoms with Crippen molar-refractivity contribution in [3.8, 4) is 0 Å². The van der Waals surface area contributed by atoms with E-state index in [0.29, 0.717) is 0 Å². The number of ketones is 1. The maximum Gasteiger partial charge on any atom is 0.328 e. The largest absolute Gasteiger partial charge is 0.480 e. The van der Waals surface area contributed by atoms with Crippen molar-refractivity contribution in [1.82, 2.24) is 0 Å². The minimum Gasteiger partial charge on any atom is -0.480 e. The number of allylic oxidation sites excluding steroid dienone is 1. The number of nitrogens with two attached hydrogens (primary N) is 1. The second-order valence-electron chi connectivity index (χ2n) is 3.12. The molecule has 0 rings (SSSR count). The molecule has 80 valence electrons. The standard InChI is InChI=1S/C10H17NO3/c1-2-3-4-5-6-7-8(12)9(11)10(13)14/h6-7,9H,2-5,11H2,1H3,(H,13,14)/b7-6+. The predicted octanol–water partition coefficient (Wildman–Crippen LogP) is 1.10. The van der Waals surface area contributed by atoms with Crippen LogP contribution < -0.4 is 5.73 Å². The summed E-state index contributed by atoms with van der Waals surface area (Å²) in [5.41, 5.74) is 5.10. The van der Waals surface area contributed by atoms with Crippen LogP contribution in [0.2, 0.25) is 0 Å². The summed E-state index contributed by atoms with van der Waals surface area (Å²) >= 11 is 0. The molecule has 1 unspecified atom stereocenters. The first-order valence-corrected chi connectivity index (χ1v) is 4.78. The van der Waals surface area contributed by atoms with Gasteiger partial charge in [0.1, 0.15) is 0 Å². The molecule has 0 aromatic rings. The molecule has 0 aliphatic rings. The lowest BCUT2D eigenvalue weighted by atomic mass is 10.1. The Hall–Kier alpha value is -1.16. The maximum absolute atomic E-state index is 11.0. The van der Waals surface area contributed by atoms with Crippen LogP contribution in [0.3, 0.4) is 0 Å². The summed E-state index contributed by atoms with van der Waals surface area (Å²) in [6.07, 6.45) is 6.99. The zero-order valence-electron chi connectivity index (χ0n) is 8.40. The lowest BCUT2D eigenvalue weighted by Gasteiger charge is -1.99. The van der Waals surface area contributed by atoms with Gasteiger partial charge >= 0.3 is 5.97 Å². The van der Waals surface area contributed by atoms with E-state index in [1.807, 2.05) is 0 Å². The zero-order chi connectivity index (χ0) is 11.0. The van der Waals surface area contributed by atoms with E-state index in [1.54, 1.807) is 6.08 Å². The van der Waals surface area contributed by atoms with Gasteiger partial charge in [-0.15, -0.1) is 0 Å². The van der Waals surface area contributed by atoms with Gasteiger partial charge in [0.05, 0.1) is 0 Å². The first-order valence-electron chi connectivity index (χ1n) is 4.78. The van der Waals surface area contributed by atoms with Crippen molar-refractivity contribution < 1.29 is 14.7 Å². The molecule has 0 radical (unpaired) electrons. The second-order valence-corrected chi connectivity index (χ2v) is 3.12. The third kappa shape index (κ3) is 5.48. The van der Waals surface area contributed by atoms with Crippen LogP contribution in [0.5, 0.6) is 0 Å². The van der Waals surface area contributed by atoms with Gasteiger partial charge in [-0.1, -0.05) is 25.8 Å². The Kier molecular flexibility index (Phi) is 6.66. The minimum absolute atomic E-state index is 0.547. The number of carboxylic acid groups (broad SMARTS) is 1. The van der Waals surface area contributed by atoms with Crippen LogP contribution in [0, 0.1) is 0 Å². The van der Waals surface area contributed by atoms with E-state index in [9.17, 15) is 9.59 Å². The van der Waals surface area contributed by atoms with Gasteiger partial charge in [0.25, 0.3) is 0 Å². The third-order valence-electron chi connectivity index (χ3n) is 1.83. The fourth-order valence-corrected chi connectivity index (χ4v) is 0.937. The van der Waals surface area contributed by atoms with Crippen LogP contribution in [-0.2, 0) is 9.59 Å². The van der Waals surface area contributed by atoms with E-state index in [4.69, 9.17) is 10.8 Å². The first-order chi connectivity index (χ1) is 6.59. The maximum atomic E-state index is 11.0. The Balaban J connectivity index is 3.76. The summed E-state index contributed by atoms with van der Waals surface area (Å²) in [5, 5.41) is 8.41. The van der Waals surface area contributed by atoms with Crippen molar-refractivity contribution in [2.45, 2.75) is 38.6 Å². The number of carbonyl (C=O) groups excluding carboxylic acids is 1. The van der Waals surface area contributed by atoms with Crippen LogP contribution in [0.1, 0.15) is 32.6 Å². The molecule has 0 fully saturated rings. The highest BCUT2D eigenvalue weighted by atomic mass is 16.4. The molecule has 0 saturated heterocycles. The quantitative estimate of drug-likeness (QED) is 0.365. The molecular weight excluding hydrogens is 182 g/mol. The van der Waals surface area contributed by atoms with Gasteiger partial charge in [-0.05, 0) is 18.9 Å². The molecule has 4 heteroatoms. The molecular formula is C10H17NO3. The van der Waals surface area contributed by atoms with Crippen molar-refractivity contribution in [2.24, 2.45) is 5.73 Å². The molecule has 14 heavy (non-hydrogen) atoms. The number of rotatable bonds is 7. The molecule has 3 N–H and O–H groups in total. The van der Waals surface area contributed by atoms with Crippen molar-refractivity contribution in [2.75, 3.05) is 0 Å². The van der Waals surface area contributed by atoms with Gasteiger partial charge in [-0.3, -0.25) is 9.59 Å². The average molecular weight is 199 g/mol. The monoisotopic (exact) mass is 199 g/mol. The Morgan fingerprint density at radius 3 is 2.57 bits per heavy atom. The fraction of sp³-hybridized carbons (Fsp3) is 0.600. The van der Waals surface area contributed by atoms with Crippen LogP contribution in [0.15, 0.2) is 12.2 Å². The summed E-state index contributed by atoms with van der Waals surface area (Å²) < 4.78 is 0. The van der Waals surface area contributed by atoms with Crippen LogP contribution in [0.25, 0.3) is 0 Å². The van der Waals surface area contributed by atoms with Crippen molar-refractivity contribution in [3.05, 3.63) is 12.2 Å². The fourth-order valence-electron chi connectivity index (χ4n) is 0.937. The number of unbranched alkanes of at least 4 members (excludes halogenated alkanes) is 3. The summed E-state index contributed by atoms with van der Waals surface area (Å²) in [4.78, 5) is 21.3. The molecule has 1 atom stereocenters. The van der Waals surface area contributed by atoms with Gasteiger partial charge in [0.15, 0.2) is 11.8 Å². The SMILES string of the molecule is CCCCC/C=C/C(=O)C(N)C(=O)O. The topological polar surface area (TPSA) is 80.4 Å². The first kappa shape index (κ1) is 12.8. The Bertz CT molecular complexity index is 223. The van der Waals surface area contributed by atoms with E-state index >= 15 is 0 Å². The lowest BCUT2D eigenvalue weighted by Crippen LogP contribution is -2.37. The second kappa shape index (κ2) is 7.26. The van der Waals surface area contributed by atoms with E-state index in [0.717, 1.165) is 25.7 Å². The molecule has 0 aromatic carbocycles. The number of carboxylic acids is 1. The predicted molar refractivity (Wildman–Crippen MR) is 53.9 cm³/mol. The van der Waals surface area contributed by atoms with Gasteiger partial charge < -0.3 is 10.8 Å². The Morgan fingerprint density at radius 2 is 2.07 bits per heavy atom. The molecule has 0 aromatic heterocycles. The van der Waals surface area contributed by atoms with E-state index in [-0.39, 0.29) is 0 Å². The average Bonchev–Trinajstić information content (AvgIpc) is 2.16. The highest BCUT2D eigenvalue weighted by Gasteiger charge is 2.17. The molecule has 0 aliphatic carbocycles. The minimum atomic E-state index is -1.42. The lowest BCUT2D eigenvalue weighted by molar-refractivity contribution is -0.141. The summed E-state index contributed by atoms with van der Waals surface area (Å²) in [7, 11) is 0. The molecule has 4 nitrogen and oxygen atoms in total. The summed E-state index contributed by atoms with van der Waals surface area (Å²) in [6.45, 7) is 2.09. The molecule has 0 amide bonds.